The Labute approximate surface area is 116 Å². The van der Waals surface area contributed by atoms with Crippen molar-refractivity contribution in [2.75, 3.05) is 6.54 Å². The van der Waals surface area contributed by atoms with Crippen LogP contribution in [0.4, 0.5) is 4.39 Å². The lowest BCUT2D eigenvalue weighted by Gasteiger charge is -2.22. The van der Waals surface area contributed by atoms with Gasteiger partial charge in [-0.3, -0.25) is 9.59 Å². The molecule has 5 nitrogen and oxygen atoms in total. The zero-order valence-corrected chi connectivity index (χ0v) is 10.9. The van der Waals surface area contributed by atoms with Gasteiger partial charge in [0, 0.05) is 0 Å². The summed E-state index contributed by atoms with van der Waals surface area (Å²) in [5.41, 5.74) is 6.34. The first-order chi connectivity index (χ1) is 9.50. The number of aliphatic carboxylic acids is 1. The molecule has 1 heterocycles. The van der Waals surface area contributed by atoms with E-state index in [0.29, 0.717) is 18.5 Å². The number of carbonyl (C=O) groups is 2. The van der Waals surface area contributed by atoms with Crippen LogP contribution in [-0.2, 0) is 9.59 Å². The maximum Gasteiger partial charge on any atom is 0.316 e. The van der Waals surface area contributed by atoms with Crippen molar-refractivity contribution in [2.24, 2.45) is 11.7 Å². The van der Waals surface area contributed by atoms with Crippen LogP contribution in [0.25, 0.3) is 0 Å². The SMILES string of the molecule is N[C@@H](c1ccc(F)cc1)C(C(=O)O)C(=O)[C@@H]1CCCN1. The second kappa shape index (κ2) is 6.11. The van der Waals surface area contributed by atoms with Gasteiger partial charge in [0.05, 0.1) is 12.1 Å². The highest BCUT2D eigenvalue weighted by Gasteiger charge is 2.38. The molecule has 20 heavy (non-hydrogen) atoms. The summed E-state index contributed by atoms with van der Waals surface area (Å²) < 4.78 is 12.9. The highest BCUT2D eigenvalue weighted by Crippen LogP contribution is 2.24. The van der Waals surface area contributed by atoms with Gasteiger partial charge in [-0.25, -0.2) is 4.39 Å². The molecular formula is C14H17FN2O3. The number of carboxylic acids is 1. The third-order valence-electron chi connectivity index (χ3n) is 3.59. The van der Waals surface area contributed by atoms with Crippen molar-refractivity contribution in [3.05, 3.63) is 35.6 Å². The second-order valence-corrected chi connectivity index (χ2v) is 4.94. The van der Waals surface area contributed by atoms with Gasteiger partial charge in [0.15, 0.2) is 5.78 Å². The van der Waals surface area contributed by atoms with E-state index >= 15 is 0 Å². The van der Waals surface area contributed by atoms with E-state index in [4.69, 9.17) is 5.73 Å². The van der Waals surface area contributed by atoms with Crippen molar-refractivity contribution < 1.29 is 19.1 Å². The Balaban J connectivity index is 2.21. The molecule has 6 heteroatoms. The molecule has 1 saturated heterocycles. The number of carboxylic acid groups (broad SMARTS) is 1. The maximum atomic E-state index is 12.9. The van der Waals surface area contributed by atoms with Crippen LogP contribution in [0, 0.1) is 11.7 Å². The summed E-state index contributed by atoms with van der Waals surface area (Å²) in [7, 11) is 0. The zero-order valence-electron chi connectivity index (χ0n) is 10.9. The summed E-state index contributed by atoms with van der Waals surface area (Å²) in [6.07, 6.45) is 1.47. The van der Waals surface area contributed by atoms with E-state index in [1.807, 2.05) is 0 Å². The van der Waals surface area contributed by atoms with Crippen molar-refractivity contribution in [1.29, 1.82) is 0 Å². The minimum atomic E-state index is -1.32. The molecule has 2 rings (SSSR count). The van der Waals surface area contributed by atoms with Crippen LogP contribution in [0.1, 0.15) is 24.4 Å². The average Bonchev–Trinajstić information content (AvgIpc) is 2.93. The number of rotatable bonds is 5. The van der Waals surface area contributed by atoms with Crippen molar-refractivity contribution in [3.63, 3.8) is 0 Å². The van der Waals surface area contributed by atoms with Gasteiger partial charge in [-0.2, -0.15) is 0 Å². The van der Waals surface area contributed by atoms with E-state index in [2.05, 4.69) is 5.32 Å². The van der Waals surface area contributed by atoms with Crippen LogP contribution in [0.15, 0.2) is 24.3 Å². The number of carbonyl (C=O) groups excluding carboxylic acids is 1. The normalized spacial score (nSPS) is 21.4. The fourth-order valence-electron chi connectivity index (χ4n) is 2.47. The summed E-state index contributed by atoms with van der Waals surface area (Å²) in [5, 5.41) is 12.3. The number of halogens is 1. The van der Waals surface area contributed by atoms with Crippen LogP contribution in [0.5, 0.6) is 0 Å². The fourth-order valence-corrected chi connectivity index (χ4v) is 2.47. The second-order valence-electron chi connectivity index (χ2n) is 4.94. The van der Waals surface area contributed by atoms with Crippen LogP contribution < -0.4 is 11.1 Å². The van der Waals surface area contributed by atoms with E-state index in [0.717, 1.165) is 6.42 Å². The molecule has 1 aromatic carbocycles. The van der Waals surface area contributed by atoms with Gasteiger partial charge in [0.25, 0.3) is 0 Å². The average molecular weight is 280 g/mol. The Morgan fingerprint density at radius 3 is 2.50 bits per heavy atom. The summed E-state index contributed by atoms with van der Waals surface area (Å²) in [4.78, 5) is 23.6. The summed E-state index contributed by atoms with van der Waals surface area (Å²) in [5.74, 6) is -3.42. The van der Waals surface area contributed by atoms with E-state index < -0.39 is 35.6 Å². The van der Waals surface area contributed by atoms with Crippen molar-refractivity contribution >= 4 is 11.8 Å². The van der Waals surface area contributed by atoms with Crippen molar-refractivity contribution in [2.45, 2.75) is 24.9 Å². The molecule has 3 atom stereocenters. The van der Waals surface area contributed by atoms with Gasteiger partial charge >= 0.3 is 5.97 Å². The summed E-state index contributed by atoms with van der Waals surface area (Å²) in [6, 6.07) is 3.78. The summed E-state index contributed by atoms with van der Waals surface area (Å²) >= 11 is 0. The Morgan fingerprint density at radius 2 is 2.00 bits per heavy atom. The predicted octanol–water partition coefficient (Wildman–Crippen LogP) is 0.847. The molecule has 0 saturated carbocycles. The van der Waals surface area contributed by atoms with Gasteiger partial charge in [0.1, 0.15) is 11.7 Å². The molecule has 1 unspecified atom stereocenters. The van der Waals surface area contributed by atoms with E-state index in [-0.39, 0.29) is 0 Å². The largest absolute Gasteiger partial charge is 0.481 e. The molecule has 0 amide bonds. The first-order valence-electron chi connectivity index (χ1n) is 6.51. The van der Waals surface area contributed by atoms with Crippen LogP contribution >= 0.6 is 0 Å². The number of benzene rings is 1. The number of Topliss-reactive ketones (excluding diaryl/α,β-unsaturated/α-hetero) is 1. The van der Waals surface area contributed by atoms with Crippen LogP contribution in [-0.4, -0.2) is 29.4 Å². The number of ketones is 1. The van der Waals surface area contributed by atoms with Crippen molar-refractivity contribution in [1.82, 2.24) is 5.32 Å². The Morgan fingerprint density at radius 1 is 1.35 bits per heavy atom. The molecule has 0 bridgehead atoms. The Hall–Kier alpha value is -1.79. The van der Waals surface area contributed by atoms with Gasteiger partial charge in [-0.05, 0) is 37.1 Å². The smallest absolute Gasteiger partial charge is 0.316 e. The Kier molecular flexibility index (Phi) is 4.46. The van der Waals surface area contributed by atoms with Gasteiger partial charge in [-0.1, -0.05) is 12.1 Å². The molecule has 4 N–H and O–H groups in total. The number of nitrogens with two attached hydrogens (primary N) is 1. The lowest BCUT2D eigenvalue weighted by molar-refractivity contribution is -0.147. The first-order valence-corrected chi connectivity index (χ1v) is 6.51. The maximum absolute atomic E-state index is 12.9. The quantitative estimate of drug-likeness (QED) is 0.695. The van der Waals surface area contributed by atoms with E-state index in [9.17, 15) is 19.1 Å². The highest BCUT2D eigenvalue weighted by atomic mass is 19.1. The number of nitrogens with one attached hydrogen (secondary N) is 1. The first kappa shape index (κ1) is 14.6. The monoisotopic (exact) mass is 280 g/mol. The molecule has 1 aliphatic rings. The third kappa shape index (κ3) is 3.02. The topological polar surface area (TPSA) is 92.4 Å². The number of hydrogen-bond acceptors (Lipinski definition) is 4. The molecule has 0 aromatic heterocycles. The minimum Gasteiger partial charge on any atom is -0.481 e. The molecule has 0 spiro atoms. The van der Waals surface area contributed by atoms with Crippen LogP contribution in [0.3, 0.4) is 0 Å². The Bertz CT molecular complexity index is 498. The molecule has 0 aliphatic carbocycles. The van der Waals surface area contributed by atoms with Gasteiger partial charge in [0.2, 0.25) is 0 Å². The molecule has 1 aromatic rings. The number of hydrogen-bond donors (Lipinski definition) is 3. The van der Waals surface area contributed by atoms with Gasteiger partial charge in [-0.15, -0.1) is 0 Å². The standard InChI is InChI=1S/C14H17FN2O3/c15-9-5-3-8(4-6-9)12(16)11(14(19)20)13(18)10-2-1-7-17-10/h3-6,10-12,17H,1-2,7,16H2,(H,19,20)/t10-,11?,12-/m0/s1. The zero-order chi connectivity index (χ0) is 14.7. The molecule has 1 fully saturated rings. The molecule has 108 valence electrons. The lowest BCUT2D eigenvalue weighted by atomic mass is 9.87. The minimum absolute atomic E-state index is 0.410. The van der Waals surface area contributed by atoms with Crippen molar-refractivity contribution in [3.8, 4) is 0 Å². The molecule has 1 aliphatic heterocycles. The lowest BCUT2D eigenvalue weighted by Crippen LogP contribution is -2.43. The van der Waals surface area contributed by atoms with E-state index in [1.165, 1.54) is 24.3 Å². The highest BCUT2D eigenvalue weighted by molar-refractivity contribution is 6.02. The molecule has 0 radical (unpaired) electrons. The predicted molar refractivity (Wildman–Crippen MR) is 70.5 cm³/mol. The van der Waals surface area contributed by atoms with Gasteiger partial charge < -0.3 is 16.2 Å². The molecular weight excluding hydrogens is 263 g/mol. The van der Waals surface area contributed by atoms with Crippen LogP contribution in [0.2, 0.25) is 0 Å². The fraction of sp³-hybridized carbons (Fsp3) is 0.429. The summed E-state index contributed by atoms with van der Waals surface area (Å²) in [6.45, 7) is 0.703. The third-order valence-corrected chi connectivity index (χ3v) is 3.59. The van der Waals surface area contributed by atoms with E-state index in [1.54, 1.807) is 0 Å².